The number of rotatable bonds is 3. The lowest BCUT2D eigenvalue weighted by Crippen LogP contribution is -2.43. The number of likely N-dealkylation sites (tertiary alicyclic amines) is 1. The summed E-state index contributed by atoms with van der Waals surface area (Å²) < 4.78 is 5.39. The van der Waals surface area contributed by atoms with Crippen LogP contribution in [-0.2, 0) is 4.74 Å². The molecule has 1 aliphatic rings. The van der Waals surface area contributed by atoms with Crippen molar-refractivity contribution in [1.82, 2.24) is 10.2 Å². The molecule has 1 aromatic heterocycles. The third-order valence-corrected chi connectivity index (χ3v) is 4.78. The lowest BCUT2D eigenvalue weighted by atomic mass is 9.97. The van der Waals surface area contributed by atoms with Gasteiger partial charge in [-0.15, -0.1) is 11.3 Å². The maximum Gasteiger partial charge on any atom is 0.410 e. The van der Waals surface area contributed by atoms with Crippen LogP contribution in [-0.4, -0.2) is 42.1 Å². The number of piperidine rings is 1. The largest absolute Gasteiger partial charge is 0.444 e. The van der Waals surface area contributed by atoms with Crippen LogP contribution in [0, 0.1) is 12.8 Å². The predicted octanol–water partition coefficient (Wildman–Crippen LogP) is 3.43. The second-order valence-corrected chi connectivity index (χ2v) is 8.32. The van der Waals surface area contributed by atoms with Gasteiger partial charge >= 0.3 is 6.09 Å². The summed E-state index contributed by atoms with van der Waals surface area (Å²) in [5, 5.41) is 3.00. The number of nitrogens with one attached hydrogen (secondary N) is 1. The molecule has 0 unspecified atom stereocenters. The van der Waals surface area contributed by atoms with E-state index >= 15 is 0 Å². The van der Waals surface area contributed by atoms with E-state index in [1.54, 1.807) is 4.90 Å². The van der Waals surface area contributed by atoms with E-state index in [0.29, 0.717) is 25.6 Å². The number of aryl methyl sites for hydroxylation is 1. The molecule has 23 heavy (non-hydrogen) atoms. The lowest BCUT2D eigenvalue weighted by molar-refractivity contribution is 0.0183. The van der Waals surface area contributed by atoms with Gasteiger partial charge in [0.15, 0.2) is 0 Å². The molecule has 1 saturated heterocycles. The monoisotopic (exact) mass is 338 g/mol. The molecule has 1 aliphatic heterocycles. The number of nitrogens with zero attached hydrogens (tertiary/aromatic N) is 1. The molecule has 2 amide bonds. The number of amides is 2. The van der Waals surface area contributed by atoms with Crippen molar-refractivity contribution >= 4 is 23.3 Å². The van der Waals surface area contributed by atoms with Crippen LogP contribution >= 0.6 is 11.3 Å². The van der Waals surface area contributed by atoms with Gasteiger partial charge in [-0.3, -0.25) is 4.79 Å². The van der Waals surface area contributed by atoms with E-state index < -0.39 is 5.60 Å². The quantitative estimate of drug-likeness (QED) is 0.918. The van der Waals surface area contributed by atoms with Crippen molar-refractivity contribution in [2.45, 2.75) is 46.1 Å². The molecule has 0 aliphatic carbocycles. The second-order valence-electron chi connectivity index (χ2n) is 7.03. The van der Waals surface area contributed by atoms with Crippen LogP contribution in [0.3, 0.4) is 0 Å². The second kappa shape index (κ2) is 7.34. The highest BCUT2D eigenvalue weighted by Crippen LogP contribution is 2.20. The Morgan fingerprint density at radius 2 is 1.96 bits per heavy atom. The van der Waals surface area contributed by atoms with Gasteiger partial charge in [0.05, 0.1) is 4.88 Å². The molecule has 6 heteroatoms. The maximum atomic E-state index is 12.0. The summed E-state index contributed by atoms with van der Waals surface area (Å²) >= 11 is 1.51. The molecule has 5 nitrogen and oxygen atoms in total. The summed E-state index contributed by atoms with van der Waals surface area (Å²) in [5.74, 6) is 0.413. The third-order valence-electron chi connectivity index (χ3n) is 3.78. The molecule has 1 N–H and O–H groups in total. The van der Waals surface area contributed by atoms with E-state index in [-0.39, 0.29) is 12.0 Å². The van der Waals surface area contributed by atoms with E-state index in [1.165, 1.54) is 11.3 Å². The number of hydrogen-bond acceptors (Lipinski definition) is 4. The topological polar surface area (TPSA) is 58.6 Å². The average Bonchev–Trinajstić information content (AvgIpc) is 2.90. The molecule has 128 valence electrons. The summed E-state index contributed by atoms with van der Waals surface area (Å²) in [4.78, 5) is 27.7. The van der Waals surface area contributed by atoms with Gasteiger partial charge < -0.3 is 15.0 Å². The van der Waals surface area contributed by atoms with Crippen molar-refractivity contribution in [1.29, 1.82) is 0 Å². The number of hydrogen-bond donors (Lipinski definition) is 1. The van der Waals surface area contributed by atoms with Crippen molar-refractivity contribution in [3.63, 3.8) is 0 Å². The first-order chi connectivity index (χ1) is 10.7. The zero-order chi connectivity index (χ0) is 17.0. The molecule has 0 spiro atoms. The predicted molar refractivity (Wildman–Crippen MR) is 91.9 cm³/mol. The van der Waals surface area contributed by atoms with E-state index in [0.717, 1.165) is 22.6 Å². The summed E-state index contributed by atoms with van der Waals surface area (Å²) in [6, 6.07) is 3.82. The maximum absolute atomic E-state index is 12.0. The Labute approximate surface area is 142 Å². The molecule has 1 fully saturated rings. The Hall–Kier alpha value is -1.56. The summed E-state index contributed by atoms with van der Waals surface area (Å²) in [7, 11) is 0. The Bertz CT molecular complexity index is 554. The first kappa shape index (κ1) is 17.8. The number of ether oxygens (including phenoxy) is 1. The number of carbonyl (C=O) groups is 2. The van der Waals surface area contributed by atoms with Gasteiger partial charge in [0.2, 0.25) is 0 Å². The third kappa shape index (κ3) is 5.53. The Balaban J connectivity index is 1.72. The molecule has 0 saturated carbocycles. The van der Waals surface area contributed by atoms with E-state index in [4.69, 9.17) is 4.74 Å². The first-order valence-corrected chi connectivity index (χ1v) is 8.89. The van der Waals surface area contributed by atoms with Gasteiger partial charge in [0, 0.05) is 24.5 Å². The molecule has 2 rings (SSSR count). The number of carbonyl (C=O) groups excluding carboxylic acids is 2. The standard InChI is InChI=1S/C17H26N2O3S/c1-12-5-6-14(23-12)15(20)18-11-13-7-9-19(10-8-13)16(21)22-17(2,3)4/h5-6,13H,7-11H2,1-4H3,(H,18,20). The summed E-state index contributed by atoms with van der Waals surface area (Å²) in [6.45, 7) is 9.66. The molecule has 0 aromatic carbocycles. The van der Waals surface area contributed by atoms with Gasteiger partial charge in [-0.05, 0) is 58.6 Å². The van der Waals surface area contributed by atoms with Gasteiger partial charge in [0.1, 0.15) is 5.60 Å². The van der Waals surface area contributed by atoms with Crippen LogP contribution < -0.4 is 5.32 Å². The van der Waals surface area contributed by atoms with Crippen molar-refractivity contribution < 1.29 is 14.3 Å². The minimum absolute atomic E-state index is 0.00216. The summed E-state index contributed by atoms with van der Waals surface area (Å²) in [5.41, 5.74) is -0.458. The summed E-state index contributed by atoms with van der Waals surface area (Å²) in [6.07, 6.45) is 1.54. The van der Waals surface area contributed by atoms with Crippen molar-refractivity contribution in [2.75, 3.05) is 19.6 Å². The zero-order valence-electron chi connectivity index (χ0n) is 14.3. The van der Waals surface area contributed by atoms with Gasteiger partial charge in [0.25, 0.3) is 5.91 Å². The fraction of sp³-hybridized carbons (Fsp3) is 0.647. The molecule has 0 radical (unpaired) electrons. The number of thiophene rings is 1. The van der Waals surface area contributed by atoms with Crippen LogP contribution in [0.5, 0.6) is 0 Å². The van der Waals surface area contributed by atoms with Crippen LogP contribution in [0.15, 0.2) is 12.1 Å². The minimum Gasteiger partial charge on any atom is -0.444 e. The van der Waals surface area contributed by atoms with Crippen molar-refractivity contribution in [3.8, 4) is 0 Å². The minimum atomic E-state index is -0.458. The average molecular weight is 338 g/mol. The molecule has 0 atom stereocenters. The first-order valence-electron chi connectivity index (χ1n) is 8.07. The van der Waals surface area contributed by atoms with E-state index in [2.05, 4.69) is 5.32 Å². The SMILES string of the molecule is Cc1ccc(C(=O)NCC2CCN(C(=O)OC(C)(C)C)CC2)s1. The van der Waals surface area contributed by atoms with Crippen molar-refractivity contribution in [3.05, 3.63) is 21.9 Å². The highest BCUT2D eigenvalue weighted by Gasteiger charge is 2.27. The van der Waals surface area contributed by atoms with Crippen molar-refractivity contribution in [2.24, 2.45) is 5.92 Å². The molecule has 0 bridgehead atoms. The zero-order valence-corrected chi connectivity index (χ0v) is 15.2. The Kier molecular flexibility index (Phi) is 5.68. The Morgan fingerprint density at radius 3 is 2.48 bits per heavy atom. The fourth-order valence-corrected chi connectivity index (χ4v) is 3.31. The highest BCUT2D eigenvalue weighted by atomic mass is 32.1. The normalized spacial score (nSPS) is 16.3. The molecular formula is C17H26N2O3S. The molecule has 2 heterocycles. The van der Waals surface area contributed by atoms with Crippen LogP contribution in [0.25, 0.3) is 0 Å². The van der Waals surface area contributed by atoms with Crippen LogP contribution in [0.1, 0.15) is 48.2 Å². The highest BCUT2D eigenvalue weighted by molar-refractivity contribution is 7.13. The van der Waals surface area contributed by atoms with E-state index in [1.807, 2.05) is 39.8 Å². The van der Waals surface area contributed by atoms with Gasteiger partial charge in [-0.2, -0.15) is 0 Å². The van der Waals surface area contributed by atoms with Crippen LogP contribution in [0.4, 0.5) is 4.79 Å². The smallest absolute Gasteiger partial charge is 0.410 e. The van der Waals surface area contributed by atoms with Crippen LogP contribution in [0.2, 0.25) is 0 Å². The molecule has 1 aromatic rings. The van der Waals surface area contributed by atoms with E-state index in [9.17, 15) is 9.59 Å². The lowest BCUT2D eigenvalue weighted by Gasteiger charge is -2.33. The van der Waals surface area contributed by atoms with Gasteiger partial charge in [-0.25, -0.2) is 4.79 Å². The Morgan fingerprint density at radius 1 is 1.30 bits per heavy atom. The fourth-order valence-electron chi connectivity index (χ4n) is 2.53. The molecular weight excluding hydrogens is 312 g/mol. The van der Waals surface area contributed by atoms with Gasteiger partial charge in [-0.1, -0.05) is 0 Å².